The highest BCUT2D eigenvalue weighted by Crippen LogP contribution is 2.03. The van der Waals surface area contributed by atoms with Gasteiger partial charge < -0.3 is 19.8 Å². The molecule has 2 rings (SSSR count). The van der Waals surface area contributed by atoms with Gasteiger partial charge in [-0.05, 0) is 25.5 Å². The van der Waals surface area contributed by atoms with Crippen LogP contribution in [0.15, 0.2) is 27.8 Å². The number of aliphatic imine (C=N–C) groups is 1. The standard InChI is InChI=1S/C17H30N4O4S/c1-2-18-17(19-6-4-11-24-15-16-5-3-12-25-16)20-7-8-21-9-13-26(22,23)14-10-21/h3,5,12H,2,4,6-11,13-15H2,1H3,(H2,18,19,20). The van der Waals surface area contributed by atoms with Gasteiger partial charge in [0, 0.05) is 45.9 Å². The maximum absolute atomic E-state index is 11.4. The van der Waals surface area contributed by atoms with E-state index >= 15 is 0 Å². The minimum Gasteiger partial charge on any atom is -0.467 e. The maximum Gasteiger partial charge on any atom is 0.191 e. The number of ether oxygens (including phenoxy) is 1. The summed E-state index contributed by atoms with van der Waals surface area (Å²) in [6.07, 6.45) is 2.47. The molecular formula is C17H30N4O4S. The topological polar surface area (TPSA) is 96.2 Å². The lowest BCUT2D eigenvalue weighted by Crippen LogP contribution is -2.46. The van der Waals surface area contributed by atoms with Gasteiger partial charge in [0.1, 0.15) is 12.4 Å². The fourth-order valence-electron chi connectivity index (χ4n) is 2.57. The van der Waals surface area contributed by atoms with E-state index in [1.54, 1.807) is 6.26 Å². The lowest BCUT2D eigenvalue weighted by atomic mass is 10.4. The summed E-state index contributed by atoms with van der Waals surface area (Å²) in [5.41, 5.74) is 0. The molecule has 0 saturated carbocycles. The molecule has 148 valence electrons. The van der Waals surface area contributed by atoms with Crippen molar-refractivity contribution in [3.63, 3.8) is 0 Å². The molecule has 0 aliphatic carbocycles. The smallest absolute Gasteiger partial charge is 0.191 e. The zero-order chi connectivity index (χ0) is 18.7. The van der Waals surface area contributed by atoms with E-state index in [0.29, 0.717) is 32.8 Å². The number of hydrogen-bond donors (Lipinski definition) is 2. The first-order valence-corrected chi connectivity index (χ1v) is 11.0. The second kappa shape index (κ2) is 11.2. The summed E-state index contributed by atoms with van der Waals surface area (Å²) in [4.78, 5) is 6.70. The van der Waals surface area contributed by atoms with Crippen LogP contribution in [0.3, 0.4) is 0 Å². The monoisotopic (exact) mass is 386 g/mol. The Balaban J connectivity index is 1.58. The Morgan fingerprint density at radius 1 is 1.35 bits per heavy atom. The van der Waals surface area contributed by atoms with E-state index in [1.807, 2.05) is 19.1 Å². The van der Waals surface area contributed by atoms with Gasteiger partial charge in [-0.3, -0.25) is 9.89 Å². The predicted molar refractivity (Wildman–Crippen MR) is 102 cm³/mol. The second-order valence-electron chi connectivity index (χ2n) is 6.17. The highest BCUT2D eigenvalue weighted by molar-refractivity contribution is 7.91. The Morgan fingerprint density at radius 2 is 2.15 bits per heavy atom. The normalized spacial score (nSPS) is 18.0. The Kier molecular flexibility index (Phi) is 8.93. The fourth-order valence-corrected chi connectivity index (χ4v) is 3.85. The highest BCUT2D eigenvalue weighted by Gasteiger charge is 2.20. The summed E-state index contributed by atoms with van der Waals surface area (Å²) in [7, 11) is -2.82. The first kappa shape index (κ1) is 20.7. The van der Waals surface area contributed by atoms with Crippen LogP contribution in [0, 0.1) is 0 Å². The Morgan fingerprint density at radius 3 is 2.85 bits per heavy atom. The molecule has 1 fully saturated rings. The molecule has 0 amide bonds. The minimum atomic E-state index is -2.82. The molecule has 0 bridgehead atoms. The van der Waals surface area contributed by atoms with E-state index in [2.05, 4.69) is 20.5 Å². The largest absolute Gasteiger partial charge is 0.467 e. The maximum atomic E-state index is 11.4. The zero-order valence-corrected chi connectivity index (χ0v) is 16.3. The van der Waals surface area contributed by atoms with E-state index in [1.165, 1.54) is 0 Å². The van der Waals surface area contributed by atoms with Crippen molar-refractivity contribution in [2.24, 2.45) is 4.99 Å². The first-order valence-electron chi connectivity index (χ1n) is 9.14. The van der Waals surface area contributed by atoms with E-state index < -0.39 is 9.84 Å². The van der Waals surface area contributed by atoms with Crippen molar-refractivity contribution in [2.45, 2.75) is 20.0 Å². The Labute approximate surface area is 155 Å². The quantitative estimate of drug-likeness (QED) is 0.343. The molecule has 8 nitrogen and oxygen atoms in total. The number of sulfone groups is 1. The fraction of sp³-hybridized carbons (Fsp3) is 0.706. The van der Waals surface area contributed by atoms with E-state index in [-0.39, 0.29) is 11.5 Å². The lowest BCUT2D eigenvalue weighted by molar-refractivity contribution is 0.105. The van der Waals surface area contributed by atoms with Crippen LogP contribution in [-0.4, -0.2) is 76.7 Å². The molecule has 1 aliphatic heterocycles. The third kappa shape index (κ3) is 8.20. The van der Waals surface area contributed by atoms with Crippen LogP contribution in [0.5, 0.6) is 0 Å². The molecule has 0 unspecified atom stereocenters. The average molecular weight is 387 g/mol. The lowest BCUT2D eigenvalue weighted by Gasteiger charge is -2.26. The van der Waals surface area contributed by atoms with Gasteiger partial charge in [-0.1, -0.05) is 0 Å². The summed E-state index contributed by atoms with van der Waals surface area (Å²) in [6.45, 7) is 7.40. The van der Waals surface area contributed by atoms with Crippen molar-refractivity contribution in [3.8, 4) is 0 Å². The molecule has 0 radical (unpaired) electrons. The van der Waals surface area contributed by atoms with Crippen LogP contribution in [0.4, 0.5) is 0 Å². The first-order chi connectivity index (χ1) is 12.6. The van der Waals surface area contributed by atoms with Crippen LogP contribution >= 0.6 is 0 Å². The molecule has 2 N–H and O–H groups in total. The number of rotatable bonds is 10. The minimum absolute atomic E-state index is 0.263. The third-order valence-corrected chi connectivity index (χ3v) is 5.65. The number of furan rings is 1. The molecule has 1 saturated heterocycles. The van der Waals surface area contributed by atoms with E-state index in [4.69, 9.17) is 9.15 Å². The number of nitrogens with zero attached hydrogens (tertiary/aromatic N) is 2. The van der Waals surface area contributed by atoms with E-state index in [9.17, 15) is 8.42 Å². The van der Waals surface area contributed by atoms with Crippen molar-refractivity contribution in [3.05, 3.63) is 24.2 Å². The predicted octanol–water partition coefficient (Wildman–Crippen LogP) is 0.472. The van der Waals surface area contributed by atoms with Gasteiger partial charge in [-0.15, -0.1) is 0 Å². The molecule has 0 atom stereocenters. The van der Waals surface area contributed by atoms with Gasteiger partial charge in [0.2, 0.25) is 0 Å². The third-order valence-electron chi connectivity index (χ3n) is 4.04. The molecule has 1 aromatic rings. The Bertz CT molecular complexity index is 617. The van der Waals surface area contributed by atoms with Crippen LogP contribution in [0.25, 0.3) is 0 Å². The van der Waals surface area contributed by atoms with Crippen molar-refractivity contribution >= 4 is 15.8 Å². The Hall–Kier alpha value is -1.58. The van der Waals surface area contributed by atoms with Crippen molar-refractivity contribution in [1.82, 2.24) is 15.5 Å². The molecule has 0 aromatic carbocycles. The van der Waals surface area contributed by atoms with Crippen molar-refractivity contribution in [2.75, 3.05) is 57.4 Å². The van der Waals surface area contributed by atoms with E-state index in [0.717, 1.165) is 37.8 Å². The molecular weight excluding hydrogens is 356 g/mol. The van der Waals surface area contributed by atoms with Crippen LogP contribution in [-0.2, 0) is 21.2 Å². The number of guanidine groups is 1. The molecule has 0 spiro atoms. The summed E-state index contributed by atoms with van der Waals surface area (Å²) in [5.74, 6) is 2.13. The van der Waals surface area contributed by atoms with Crippen LogP contribution < -0.4 is 10.6 Å². The highest BCUT2D eigenvalue weighted by atomic mass is 32.2. The molecule has 26 heavy (non-hydrogen) atoms. The average Bonchev–Trinajstić information content (AvgIpc) is 3.12. The molecule has 1 aliphatic rings. The summed E-state index contributed by atoms with van der Waals surface area (Å²) in [5, 5.41) is 6.51. The van der Waals surface area contributed by atoms with Crippen LogP contribution in [0.1, 0.15) is 19.1 Å². The number of hydrogen-bond acceptors (Lipinski definition) is 6. The molecule has 2 heterocycles. The number of nitrogens with one attached hydrogen (secondary N) is 2. The molecule has 9 heteroatoms. The van der Waals surface area contributed by atoms with Gasteiger partial charge in [0.15, 0.2) is 15.8 Å². The second-order valence-corrected chi connectivity index (χ2v) is 8.47. The van der Waals surface area contributed by atoms with Gasteiger partial charge in [-0.25, -0.2) is 8.42 Å². The van der Waals surface area contributed by atoms with Gasteiger partial charge >= 0.3 is 0 Å². The van der Waals surface area contributed by atoms with Crippen molar-refractivity contribution in [1.29, 1.82) is 0 Å². The molecule has 1 aromatic heterocycles. The van der Waals surface area contributed by atoms with Gasteiger partial charge in [-0.2, -0.15) is 0 Å². The van der Waals surface area contributed by atoms with Crippen molar-refractivity contribution < 1.29 is 17.6 Å². The van der Waals surface area contributed by atoms with Crippen LogP contribution in [0.2, 0.25) is 0 Å². The van der Waals surface area contributed by atoms with Gasteiger partial charge in [0.25, 0.3) is 0 Å². The summed E-state index contributed by atoms with van der Waals surface area (Å²) < 4.78 is 33.6. The van der Waals surface area contributed by atoms with Gasteiger partial charge in [0.05, 0.1) is 17.8 Å². The summed E-state index contributed by atoms with van der Waals surface area (Å²) >= 11 is 0. The zero-order valence-electron chi connectivity index (χ0n) is 15.4. The summed E-state index contributed by atoms with van der Waals surface area (Å²) in [6, 6.07) is 3.74. The SMILES string of the molecule is CCNC(=NCCCOCc1ccco1)NCCN1CCS(=O)(=O)CC1.